The molecule has 0 aliphatic heterocycles. The Labute approximate surface area is 71.4 Å². The molecule has 0 bridgehead atoms. The summed E-state index contributed by atoms with van der Waals surface area (Å²) < 4.78 is 0. The van der Waals surface area contributed by atoms with Crippen molar-refractivity contribution in [1.82, 2.24) is 0 Å². The molecule has 1 fully saturated rings. The largest absolute Gasteiger partial charge is 0.480 e. The molecule has 3 heteroatoms. The van der Waals surface area contributed by atoms with Gasteiger partial charge in [-0.15, -0.1) is 11.8 Å². The third-order valence-corrected chi connectivity index (χ3v) is 3.77. The molecule has 1 rings (SSSR count). The van der Waals surface area contributed by atoms with Gasteiger partial charge in [-0.05, 0) is 19.3 Å². The minimum absolute atomic E-state index is 0.166. The van der Waals surface area contributed by atoms with Crippen LogP contribution in [-0.2, 0) is 4.79 Å². The van der Waals surface area contributed by atoms with Gasteiger partial charge in [0.05, 0.1) is 0 Å². The van der Waals surface area contributed by atoms with Gasteiger partial charge in [0, 0.05) is 5.25 Å². The van der Waals surface area contributed by atoms with Crippen LogP contribution < -0.4 is 0 Å². The summed E-state index contributed by atoms with van der Waals surface area (Å²) in [6.45, 7) is 1.93. The Bertz CT molecular complexity index is 143. The van der Waals surface area contributed by atoms with Crippen LogP contribution in [-0.4, -0.2) is 21.6 Å². The van der Waals surface area contributed by atoms with Crippen molar-refractivity contribution in [3.63, 3.8) is 0 Å². The molecule has 64 valence electrons. The van der Waals surface area contributed by atoms with Gasteiger partial charge in [-0.2, -0.15) is 0 Å². The van der Waals surface area contributed by atoms with Crippen LogP contribution in [0.3, 0.4) is 0 Å². The van der Waals surface area contributed by atoms with E-state index in [9.17, 15) is 4.79 Å². The lowest BCUT2D eigenvalue weighted by molar-refractivity contribution is -0.136. The van der Waals surface area contributed by atoms with Crippen LogP contribution in [0.5, 0.6) is 0 Å². The maximum atomic E-state index is 10.6. The van der Waals surface area contributed by atoms with Gasteiger partial charge in [0.15, 0.2) is 0 Å². The normalized spacial score (nSPS) is 20.8. The topological polar surface area (TPSA) is 37.3 Å². The molecule has 1 N–H and O–H groups in total. The zero-order chi connectivity index (χ0) is 8.27. The van der Waals surface area contributed by atoms with Crippen molar-refractivity contribution >= 4 is 17.7 Å². The minimum Gasteiger partial charge on any atom is -0.480 e. The molecule has 1 aliphatic carbocycles. The molecule has 0 amide bonds. The van der Waals surface area contributed by atoms with Gasteiger partial charge in [0.1, 0.15) is 5.25 Å². The molecule has 0 spiro atoms. The SMILES string of the molecule is CCC(SC1CCC1)C(=O)O. The first-order valence-corrected chi connectivity index (χ1v) is 5.06. The summed E-state index contributed by atoms with van der Waals surface area (Å²) in [4.78, 5) is 10.6. The summed E-state index contributed by atoms with van der Waals surface area (Å²) in [6.07, 6.45) is 4.47. The fraction of sp³-hybridized carbons (Fsp3) is 0.875. The minimum atomic E-state index is -0.649. The van der Waals surface area contributed by atoms with Crippen molar-refractivity contribution < 1.29 is 9.90 Å². The molecular weight excluding hydrogens is 160 g/mol. The first-order valence-electron chi connectivity index (χ1n) is 4.12. The summed E-state index contributed by atoms with van der Waals surface area (Å²) in [5, 5.41) is 9.19. The van der Waals surface area contributed by atoms with Crippen LogP contribution in [0.4, 0.5) is 0 Å². The Morgan fingerprint density at radius 3 is 2.64 bits per heavy atom. The molecule has 0 aromatic heterocycles. The van der Waals surface area contributed by atoms with E-state index in [1.54, 1.807) is 11.8 Å². The third kappa shape index (κ3) is 2.40. The first-order chi connectivity index (χ1) is 5.24. The lowest BCUT2D eigenvalue weighted by atomic mass is 10.00. The van der Waals surface area contributed by atoms with Gasteiger partial charge >= 0.3 is 5.97 Å². The van der Waals surface area contributed by atoms with E-state index in [2.05, 4.69) is 0 Å². The summed E-state index contributed by atoms with van der Waals surface area (Å²) in [7, 11) is 0. The standard InChI is InChI=1S/C8H14O2S/c1-2-7(8(9)10)11-6-4-3-5-6/h6-7H,2-5H2,1H3,(H,9,10). The average molecular weight is 174 g/mol. The van der Waals surface area contributed by atoms with Gasteiger partial charge in [0.2, 0.25) is 0 Å². The number of carbonyl (C=O) groups is 1. The van der Waals surface area contributed by atoms with Crippen LogP contribution in [0, 0.1) is 0 Å². The van der Waals surface area contributed by atoms with Gasteiger partial charge in [0.25, 0.3) is 0 Å². The van der Waals surface area contributed by atoms with Crippen molar-refractivity contribution in [2.24, 2.45) is 0 Å². The zero-order valence-corrected chi connectivity index (χ0v) is 7.56. The van der Waals surface area contributed by atoms with Crippen molar-refractivity contribution in [2.75, 3.05) is 0 Å². The summed E-state index contributed by atoms with van der Waals surface area (Å²) in [6, 6.07) is 0. The number of carboxylic acid groups (broad SMARTS) is 1. The smallest absolute Gasteiger partial charge is 0.316 e. The van der Waals surface area contributed by atoms with Crippen molar-refractivity contribution in [3.8, 4) is 0 Å². The van der Waals surface area contributed by atoms with E-state index in [4.69, 9.17) is 5.11 Å². The quantitative estimate of drug-likeness (QED) is 0.709. The second kappa shape index (κ2) is 4.00. The fourth-order valence-electron chi connectivity index (χ4n) is 1.07. The van der Waals surface area contributed by atoms with Gasteiger partial charge < -0.3 is 5.11 Å². The lowest BCUT2D eigenvalue weighted by Crippen LogP contribution is -2.23. The second-order valence-electron chi connectivity index (χ2n) is 2.92. The average Bonchev–Trinajstić information content (AvgIpc) is 1.85. The molecule has 1 atom stereocenters. The highest BCUT2D eigenvalue weighted by molar-refractivity contribution is 8.01. The second-order valence-corrected chi connectivity index (χ2v) is 4.43. The third-order valence-electron chi connectivity index (χ3n) is 2.06. The Morgan fingerprint density at radius 1 is 1.73 bits per heavy atom. The Balaban J connectivity index is 2.24. The van der Waals surface area contributed by atoms with Crippen molar-refractivity contribution in [2.45, 2.75) is 43.1 Å². The highest BCUT2D eigenvalue weighted by atomic mass is 32.2. The van der Waals surface area contributed by atoms with Crippen LogP contribution in [0.2, 0.25) is 0 Å². The molecule has 11 heavy (non-hydrogen) atoms. The summed E-state index contributed by atoms with van der Waals surface area (Å²) in [5.41, 5.74) is 0. The lowest BCUT2D eigenvalue weighted by Gasteiger charge is -2.26. The zero-order valence-electron chi connectivity index (χ0n) is 6.75. The maximum Gasteiger partial charge on any atom is 0.316 e. The van der Waals surface area contributed by atoms with E-state index in [1.165, 1.54) is 19.3 Å². The predicted octanol–water partition coefficient (Wildman–Crippen LogP) is 2.14. The Hall–Kier alpha value is -0.180. The van der Waals surface area contributed by atoms with E-state index in [1.807, 2.05) is 6.92 Å². The first kappa shape index (κ1) is 8.91. The van der Waals surface area contributed by atoms with Gasteiger partial charge in [-0.1, -0.05) is 13.3 Å². The van der Waals surface area contributed by atoms with Crippen LogP contribution in [0.1, 0.15) is 32.6 Å². The molecule has 1 unspecified atom stereocenters. The molecular formula is C8H14O2S. The van der Waals surface area contributed by atoms with Crippen LogP contribution >= 0.6 is 11.8 Å². The molecule has 0 heterocycles. The number of thioether (sulfide) groups is 1. The highest BCUT2D eigenvalue weighted by Gasteiger charge is 2.25. The fourth-order valence-corrected chi connectivity index (χ4v) is 2.45. The molecule has 1 saturated carbocycles. The number of aliphatic carboxylic acids is 1. The van der Waals surface area contributed by atoms with E-state index in [0.717, 1.165) is 6.42 Å². The van der Waals surface area contributed by atoms with Gasteiger partial charge in [-0.3, -0.25) is 4.79 Å². The Kier molecular flexibility index (Phi) is 3.24. The van der Waals surface area contributed by atoms with Crippen molar-refractivity contribution in [1.29, 1.82) is 0 Å². The summed E-state index contributed by atoms with van der Waals surface area (Å²) >= 11 is 1.64. The van der Waals surface area contributed by atoms with E-state index < -0.39 is 5.97 Å². The molecule has 0 aromatic carbocycles. The molecule has 0 aromatic rings. The monoisotopic (exact) mass is 174 g/mol. The Morgan fingerprint density at radius 2 is 2.36 bits per heavy atom. The molecule has 1 aliphatic rings. The highest BCUT2D eigenvalue weighted by Crippen LogP contribution is 2.34. The maximum absolute atomic E-state index is 10.6. The van der Waals surface area contributed by atoms with E-state index >= 15 is 0 Å². The number of hydrogen-bond acceptors (Lipinski definition) is 2. The van der Waals surface area contributed by atoms with Crippen LogP contribution in [0.25, 0.3) is 0 Å². The van der Waals surface area contributed by atoms with Crippen molar-refractivity contribution in [3.05, 3.63) is 0 Å². The number of hydrogen-bond donors (Lipinski definition) is 1. The molecule has 0 radical (unpaired) electrons. The van der Waals surface area contributed by atoms with E-state index in [-0.39, 0.29) is 5.25 Å². The number of rotatable bonds is 4. The number of carboxylic acids is 1. The van der Waals surface area contributed by atoms with E-state index in [0.29, 0.717) is 5.25 Å². The molecule has 2 nitrogen and oxygen atoms in total. The van der Waals surface area contributed by atoms with Crippen LogP contribution in [0.15, 0.2) is 0 Å². The molecule has 0 saturated heterocycles. The van der Waals surface area contributed by atoms with Gasteiger partial charge in [-0.25, -0.2) is 0 Å². The predicted molar refractivity (Wildman–Crippen MR) is 46.9 cm³/mol. The summed E-state index contributed by atoms with van der Waals surface area (Å²) in [5.74, 6) is -0.649.